The van der Waals surface area contributed by atoms with Crippen molar-refractivity contribution in [1.82, 2.24) is 4.90 Å². The normalized spacial score (nSPS) is 18.4. The Morgan fingerprint density at radius 1 is 1.03 bits per heavy atom. The minimum absolute atomic E-state index is 0.0996. The summed E-state index contributed by atoms with van der Waals surface area (Å²) in [7, 11) is 0. The van der Waals surface area contributed by atoms with Gasteiger partial charge in [0.1, 0.15) is 12.9 Å². The van der Waals surface area contributed by atoms with Crippen molar-refractivity contribution in [2.24, 2.45) is 5.41 Å². The quantitative estimate of drug-likeness (QED) is 0.575. The first-order chi connectivity index (χ1) is 14.6. The second kappa shape index (κ2) is 9.05. The van der Waals surface area contributed by atoms with Crippen molar-refractivity contribution in [2.75, 3.05) is 13.1 Å². The Morgan fingerprint density at radius 2 is 1.73 bits per heavy atom. The summed E-state index contributed by atoms with van der Waals surface area (Å²) >= 11 is 6.01. The molecule has 2 aromatic rings. The molecule has 156 valence electrons. The highest BCUT2D eigenvalue weighted by atomic mass is 35.5. The lowest BCUT2D eigenvalue weighted by molar-refractivity contribution is -0.105. The molecule has 4 rings (SSSR count). The Balaban J connectivity index is 1.36. The number of likely N-dealkylation sites (tertiary alicyclic amines) is 1. The van der Waals surface area contributed by atoms with Crippen LogP contribution < -0.4 is 0 Å². The van der Waals surface area contributed by atoms with Gasteiger partial charge in [-0.15, -0.1) is 0 Å². The van der Waals surface area contributed by atoms with Gasteiger partial charge in [0.2, 0.25) is 0 Å². The molecule has 2 aromatic carbocycles. The van der Waals surface area contributed by atoms with Gasteiger partial charge in [-0.3, -0.25) is 4.79 Å². The van der Waals surface area contributed by atoms with Gasteiger partial charge >= 0.3 is 6.09 Å². The van der Waals surface area contributed by atoms with E-state index >= 15 is 0 Å². The van der Waals surface area contributed by atoms with Crippen molar-refractivity contribution in [3.63, 3.8) is 0 Å². The topological polar surface area (TPSA) is 46.6 Å². The first-order valence-electron chi connectivity index (χ1n) is 10.5. The van der Waals surface area contributed by atoms with E-state index in [9.17, 15) is 9.59 Å². The zero-order valence-electron chi connectivity index (χ0n) is 17.0. The molecule has 0 atom stereocenters. The van der Waals surface area contributed by atoms with Gasteiger partial charge in [0.15, 0.2) is 0 Å². The van der Waals surface area contributed by atoms with E-state index in [0.29, 0.717) is 24.7 Å². The van der Waals surface area contributed by atoms with E-state index in [0.717, 1.165) is 60.7 Å². The number of nitrogens with zero attached hydrogens (tertiary/aromatic N) is 1. The number of rotatable bonds is 4. The Kier molecular flexibility index (Phi) is 6.24. The number of aldehydes is 1. The number of ether oxygens (including phenoxy) is 1. The molecule has 1 amide bonds. The van der Waals surface area contributed by atoms with Crippen LogP contribution in [-0.2, 0) is 16.1 Å². The lowest BCUT2D eigenvalue weighted by Gasteiger charge is -2.44. The molecule has 1 fully saturated rings. The minimum Gasteiger partial charge on any atom is -0.445 e. The molecule has 1 heterocycles. The molecule has 5 heteroatoms. The van der Waals surface area contributed by atoms with Crippen LogP contribution in [0.4, 0.5) is 4.79 Å². The summed E-state index contributed by atoms with van der Waals surface area (Å²) in [6.45, 7) is 1.65. The SMILES string of the molecule is O=CC1=C(c2ccc(Cl)cc2)CCC2(CCN(C(=O)OCc3ccccc3)CC2)C1. The van der Waals surface area contributed by atoms with Crippen molar-refractivity contribution < 1.29 is 14.3 Å². The van der Waals surface area contributed by atoms with E-state index in [4.69, 9.17) is 16.3 Å². The number of allylic oxidation sites excluding steroid dienone is 2. The standard InChI is InChI=1S/C25H26ClNO3/c26-22-8-6-20(7-9-22)23-10-11-25(16-21(23)17-28)12-14-27(15-13-25)24(29)30-18-19-4-2-1-3-5-19/h1-9,17H,10-16,18H2. The van der Waals surface area contributed by atoms with Gasteiger partial charge in [-0.05, 0) is 71.9 Å². The summed E-state index contributed by atoms with van der Waals surface area (Å²) in [5.74, 6) is 0. The largest absolute Gasteiger partial charge is 0.445 e. The number of piperidine rings is 1. The molecule has 2 aliphatic rings. The van der Waals surface area contributed by atoms with Crippen LogP contribution in [-0.4, -0.2) is 30.4 Å². The van der Waals surface area contributed by atoms with E-state index in [1.54, 1.807) is 4.90 Å². The molecule has 1 aliphatic heterocycles. The average Bonchev–Trinajstić information content (AvgIpc) is 2.79. The Morgan fingerprint density at radius 3 is 2.40 bits per heavy atom. The van der Waals surface area contributed by atoms with E-state index < -0.39 is 0 Å². The van der Waals surface area contributed by atoms with Crippen LogP contribution in [0.2, 0.25) is 5.02 Å². The Labute approximate surface area is 182 Å². The molecule has 0 radical (unpaired) electrons. The monoisotopic (exact) mass is 423 g/mol. The number of hydrogen-bond acceptors (Lipinski definition) is 3. The zero-order chi connectivity index (χ0) is 21.0. The summed E-state index contributed by atoms with van der Waals surface area (Å²) in [5, 5.41) is 0.700. The zero-order valence-corrected chi connectivity index (χ0v) is 17.7. The molecule has 0 bridgehead atoms. The minimum atomic E-state index is -0.252. The lowest BCUT2D eigenvalue weighted by atomic mass is 9.65. The highest BCUT2D eigenvalue weighted by molar-refractivity contribution is 6.30. The second-order valence-corrected chi connectivity index (χ2v) is 8.77. The van der Waals surface area contributed by atoms with Crippen LogP contribution in [0.3, 0.4) is 0 Å². The van der Waals surface area contributed by atoms with Gasteiger partial charge in [-0.1, -0.05) is 54.1 Å². The highest BCUT2D eigenvalue weighted by Gasteiger charge is 2.39. The van der Waals surface area contributed by atoms with E-state index in [-0.39, 0.29) is 11.5 Å². The van der Waals surface area contributed by atoms with E-state index in [1.807, 2.05) is 54.6 Å². The van der Waals surface area contributed by atoms with Gasteiger partial charge in [0, 0.05) is 18.1 Å². The van der Waals surface area contributed by atoms with Crippen molar-refractivity contribution in [2.45, 2.75) is 38.7 Å². The maximum Gasteiger partial charge on any atom is 0.410 e. The van der Waals surface area contributed by atoms with Gasteiger partial charge in [-0.2, -0.15) is 0 Å². The molecule has 4 nitrogen and oxygen atoms in total. The lowest BCUT2D eigenvalue weighted by Crippen LogP contribution is -2.44. The first kappa shape index (κ1) is 20.7. The number of carbonyl (C=O) groups is 2. The molecular weight excluding hydrogens is 398 g/mol. The number of benzene rings is 2. The maximum absolute atomic E-state index is 12.5. The molecule has 0 N–H and O–H groups in total. The fourth-order valence-electron chi connectivity index (χ4n) is 4.64. The average molecular weight is 424 g/mol. The summed E-state index contributed by atoms with van der Waals surface area (Å²) in [4.78, 5) is 26.1. The Bertz CT molecular complexity index is 929. The van der Waals surface area contributed by atoms with E-state index in [1.165, 1.54) is 0 Å². The van der Waals surface area contributed by atoms with Crippen LogP contribution in [0.25, 0.3) is 5.57 Å². The van der Waals surface area contributed by atoms with Gasteiger partial charge < -0.3 is 9.64 Å². The third-order valence-electron chi connectivity index (χ3n) is 6.48. The van der Waals surface area contributed by atoms with E-state index in [2.05, 4.69) is 0 Å². The van der Waals surface area contributed by atoms with Crippen molar-refractivity contribution in [3.8, 4) is 0 Å². The molecule has 1 saturated heterocycles. The third-order valence-corrected chi connectivity index (χ3v) is 6.73. The molecule has 0 unspecified atom stereocenters. The number of hydrogen-bond donors (Lipinski definition) is 0. The number of halogens is 1. The summed E-state index contributed by atoms with van der Waals surface area (Å²) < 4.78 is 5.48. The number of carbonyl (C=O) groups excluding carboxylic acids is 2. The highest BCUT2D eigenvalue weighted by Crippen LogP contribution is 2.48. The van der Waals surface area contributed by atoms with Crippen molar-refractivity contribution in [1.29, 1.82) is 0 Å². The molecular formula is C25H26ClNO3. The molecule has 1 aliphatic carbocycles. The third kappa shape index (κ3) is 4.59. The van der Waals surface area contributed by atoms with Crippen molar-refractivity contribution in [3.05, 3.63) is 76.3 Å². The first-order valence-corrected chi connectivity index (χ1v) is 10.9. The Hall–Kier alpha value is -2.59. The number of amides is 1. The van der Waals surface area contributed by atoms with Crippen LogP contribution in [0.1, 0.15) is 43.2 Å². The van der Waals surface area contributed by atoms with Gasteiger partial charge in [0.25, 0.3) is 0 Å². The fourth-order valence-corrected chi connectivity index (χ4v) is 4.77. The van der Waals surface area contributed by atoms with Crippen molar-refractivity contribution >= 4 is 29.6 Å². The van der Waals surface area contributed by atoms with Crippen LogP contribution >= 0.6 is 11.6 Å². The van der Waals surface area contributed by atoms with Crippen LogP contribution in [0.15, 0.2) is 60.2 Å². The summed E-state index contributed by atoms with van der Waals surface area (Å²) in [6.07, 6.45) is 5.27. The maximum atomic E-state index is 12.5. The summed E-state index contributed by atoms with van der Waals surface area (Å²) in [5.41, 5.74) is 4.20. The second-order valence-electron chi connectivity index (χ2n) is 8.33. The molecule has 0 saturated carbocycles. The smallest absolute Gasteiger partial charge is 0.410 e. The molecule has 30 heavy (non-hydrogen) atoms. The van der Waals surface area contributed by atoms with Gasteiger partial charge in [0.05, 0.1) is 0 Å². The van der Waals surface area contributed by atoms with Gasteiger partial charge in [-0.25, -0.2) is 4.79 Å². The molecule has 1 spiro atoms. The summed E-state index contributed by atoms with van der Waals surface area (Å²) in [6, 6.07) is 17.4. The van der Waals surface area contributed by atoms with Crippen LogP contribution in [0, 0.1) is 5.41 Å². The van der Waals surface area contributed by atoms with Crippen LogP contribution in [0.5, 0.6) is 0 Å². The fraction of sp³-hybridized carbons (Fsp3) is 0.360. The predicted molar refractivity (Wildman–Crippen MR) is 118 cm³/mol. The molecule has 0 aromatic heterocycles. The predicted octanol–water partition coefficient (Wildman–Crippen LogP) is 5.90.